The molecule has 6 heteroatoms. The number of hydrogen-bond acceptors (Lipinski definition) is 4. The van der Waals surface area contributed by atoms with Gasteiger partial charge in [-0.25, -0.2) is 9.97 Å². The molecule has 3 heterocycles. The largest absolute Gasteiger partial charge is 0.508 e. The predicted octanol–water partition coefficient (Wildman–Crippen LogP) is 3.61. The van der Waals surface area contributed by atoms with E-state index in [1.54, 1.807) is 35.0 Å². The third kappa shape index (κ3) is 1.98. The Kier molecular flexibility index (Phi) is 2.77. The zero-order valence-electron chi connectivity index (χ0n) is 11.7. The van der Waals surface area contributed by atoms with Gasteiger partial charge in [-0.05, 0) is 30.7 Å². The summed E-state index contributed by atoms with van der Waals surface area (Å²) in [6.45, 7) is 1.91. The molecule has 3 aromatic heterocycles. The van der Waals surface area contributed by atoms with E-state index in [4.69, 9.17) is 11.6 Å². The second-order valence-electron chi connectivity index (χ2n) is 5.10. The minimum absolute atomic E-state index is 0.212. The van der Waals surface area contributed by atoms with Crippen LogP contribution in [0.1, 0.15) is 5.69 Å². The quantitative estimate of drug-likeness (QED) is 0.545. The topological polar surface area (TPSA) is 63.3 Å². The van der Waals surface area contributed by atoms with Crippen LogP contribution in [0.2, 0.25) is 5.15 Å². The van der Waals surface area contributed by atoms with Gasteiger partial charge in [0.1, 0.15) is 10.9 Å². The lowest BCUT2D eigenvalue weighted by molar-refractivity contribution is 0.475. The molecule has 0 aliphatic rings. The van der Waals surface area contributed by atoms with Crippen LogP contribution in [0.5, 0.6) is 5.75 Å². The summed E-state index contributed by atoms with van der Waals surface area (Å²) in [7, 11) is 0. The highest BCUT2D eigenvalue weighted by molar-refractivity contribution is 6.32. The van der Waals surface area contributed by atoms with Crippen molar-refractivity contribution in [2.24, 2.45) is 0 Å². The van der Waals surface area contributed by atoms with Crippen molar-refractivity contribution in [1.82, 2.24) is 19.6 Å². The van der Waals surface area contributed by atoms with Crippen LogP contribution >= 0.6 is 11.6 Å². The third-order valence-corrected chi connectivity index (χ3v) is 3.80. The van der Waals surface area contributed by atoms with Gasteiger partial charge in [-0.2, -0.15) is 9.61 Å². The van der Waals surface area contributed by atoms with E-state index < -0.39 is 0 Å². The Bertz CT molecular complexity index is 1010. The third-order valence-electron chi connectivity index (χ3n) is 3.51. The molecule has 0 fully saturated rings. The summed E-state index contributed by atoms with van der Waals surface area (Å²) in [6.07, 6.45) is 1.76. The molecule has 0 amide bonds. The summed E-state index contributed by atoms with van der Waals surface area (Å²) in [5, 5.41) is 15.0. The highest BCUT2D eigenvalue weighted by Gasteiger charge is 2.11. The monoisotopic (exact) mass is 310 g/mol. The lowest BCUT2D eigenvalue weighted by atomic mass is 10.1. The first-order valence-corrected chi connectivity index (χ1v) is 7.11. The molecule has 4 aromatic rings. The predicted molar refractivity (Wildman–Crippen MR) is 85.1 cm³/mol. The van der Waals surface area contributed by atoms with Gasteiger partial charge in [0.2, 0.25) is 0 Å². The number of aromatic nitrogens is 4. The van der Waals surface area contributed by atoms with Gasteiger partial charge in [0, 0.05) is 23.2 Å². The fourth-order valence-electron chi connectivity index (χ4n) is 2.47. The number of fused-ring (bicyclic) bond motifs is 3. The van der Waals surface area contributed by atoms with E-state index in [0.29, 0.717) is 10.8 Å². The molecule has 22 heavy (non-hydrogen) atoms. The minimum Gasteiger partial charge on any atom is -0.508 e. The second kappa shape index (κ2) is 4.68. The maximum atomic E-state index is 9.40. The molecule has 5 nitrogen and oxygen atoms in total. The summed E-state index contributed by atoms with van der Waals surface area (Å²) in [5.41, 5.74) is 3.96. The Morgan fingerprint density at radius 1 is 1.14 bits per heavy atom. The van der Waals surface area contributed by atoms with Crippen LogP contribution in [-0.4, -0.2) is 24.7 Å². The summed E-state index contributed by atoms with van der Waals surface area (Å²) in [5.74, 6) is 0.212. The Labute approximate surface area is 130 Å². The van der Waals surface area contributed by atoms with Crippen LogP contribution in [-0.2, 0) is 0 Å². The van der Waals surface area contributed by atoms with E-state index in [9.17, 15) is 5.11 Å². The molecule has 1 N–H and O–H groups in total. The Morgan fingerprint density at radius 3 is 2.68 bits per heavy atom. The molecule has 0 atom stereocenters. The van der Waals surface area contributed by atoms with Crippen LogP contribution in [0.4, 0.5) is 0 Å². The number of aryl methyl sites for hydroxylation is 1. The van der Waals surface area contributed by atoms with Crippen molar-refractivity contribution in [2.45, 2.75) is 6.92 Å². The van der Waals surface area contributed by atoms with Crippen molar-refractivity contribution in [3.63, 3.8) is 0 Å². The Morgan fingerprint density at radius 2 is 1.91 bits per heavy atom. The first-order chi connectivity index (χ1) is 10.6. The molecular weight excluding hydrogens is 300 g/mol. The van der Waals surface area contributed by atoms with E-state index in [1.807, 2.05) is 19.1 Å². The highest BCUT2D eigenvalue weighted by Crippen LogP contribution is 2.30. The second-order valence-corrected chi connectivity index (χ2v) is 5.46. The average Bonchev–Trinajstić information content (AvgIpc) is 2.89. The van der Waals surface area contributed by atoms with Crippen LogP contribution in [0, 0.1) is 6.92 Å². The van der Waals surface area contributed by atoms with E-state index in [0.717, 1.165) is 27.9 Å². The fraction of sp³-hybridized carbons (Fsp3) is 0.0625. The number of hydrogen-bond donors (Lipinski definition) is 1. The number of halogens is 1. The number of pyridine rings is 1. The van der Waals surface area contributed by atoms with Crippen molar-refractivity contribution in [3.8, 4) is 16.9 Å². The van der Waals surface area contributed by atoms with Gasteiger partial charge >= 0.3 is 0 Å². The molecule has 0 aliphatic heterocycles. The first kappa shape index (κ1) is 13.0. The molecule has 4 rings (SSSR count). The first-order valence-electron chi connectivity index (χ1n) is 6.73. The smallest absolute Gasteiger partial charge is 0.166 e. The summed E-state index contributed by atoms with van der Waals surface area (Å²) in [4.78, 5) is 8.87. The average molecular weight is 311 g/mol. The summed E-state index contributed by atoms with van der Waals surface area (Å²) in [6, 6.07) is 10.7. The molecule has 0 aliphatic carbocycles. The maximum Gasteiger partial charge on any atom is 0.166 e. The van der Waals surface area contributed by atoms with Gasteiger partial charge in [-0.3, -0.25) is 0 Å². The number of phenolic OH excluding ortho intramolecular Hbond substituents is 1. The number of nitrogens with zero attached hydrogens (tertiary/aromatic N) is 4. The zero-order valence-corrected chi connectivity index (χ0v) is 12.4. The van der Waals surface area contributed by atoms with Crippen molar-refractivity contribution in [2.75, 3.05) is 0 Å². The summed E-state index contributed by atoms with van der Waals surface area (Å²) < 4.78 is 1.69. The van der Waals surface area contributed by atoms with Crippen LogP contribution in [0.25, 0.3) is 27.8 Å². The zero-order chi connectivity index (χ0) is 15.3. The lowest BCUT2D eigenvalue weighted by Gasteiger charge is -2.07. The Hall–Kier alpha value is -2.66. The number of phenols is 1. The SMILES string of the molecule is Cc1cc2ncc3cc(-c4ccc(O)cc4)c(Cl)nc3n2n1. The molecule has 0 bridgehead atoms. The van der Waals surface area contributed by atoms with Gasteiger partial charge < -0.3 is 5.11 Å². The van der Waals surface area contributed by atoms with Gasteiger partial charge in [0.15, 0.2) is 11.3 Å². The number of aromatic hydroxyl groups is 1. The van der Waals surface area contributed by atoms with E-state index in [1.165, 1.54) is 0 Å². The molecule has 0 spiro atoms. The van der Waals surface area contributed by atoms with E-state index in [-0.39, 0.29) is 5.75 Å². The van der Waals surface area contributed by atoms with Gasteiger partial charge in [-0.15, -0.1) is 0 Å². The van der Waals surface area contributed by atoms with Crippen molar-refractivity contribution >= 4 is 28.3 Å². The lowest BCUT2D eigenvalue weighted by Crippen LogP contribution is -1.97. The molecule has 0 radical (unpaired) electrons. The highest BCUT2D eigenvalue weighted by atomic mass is 35.5. The molecule has 108 valence electrons. The molecule has 0 unspecified atom stereocenters. The fourth-order valence-corrected chi connectivity index (χ4v) is 2.72. The minimum atomic E-state index is 0.212. The van der Waals surface area contributed by atoms with E-state index in [2.05, 4.69) is 15.1 Å². The van der Waals surface area contributed by atoms with Gasteiger partial charge in [0.05, 0.1) is 5.69 Å². The van der Waals surface area contributed by atoms with Crippen molar-refractivity contribution in [3.05, 3.63) is 53.4 Å². The number of benzene rings is 1. The summed E-state index contributed by atoms with van der Waals surface area (Å²) >= 11 is 6.35. The van der Waals surface area contributed by atoms with Crippen molar-refractivity contribution in [1.29, 1.82) is 0 Å². The van der Waals surface area contributed by atoms with Crippen molar-refractivity contribution < 1.29 is 5.11 Å². The van der Waals surface area contributed by atoms with Crippen LogP contribution in [0.15, 0.2) is 42.6 Å². The molecule has 1 aromatic carbocycles. The Balaban J connectivity index is 2.00. The van der Waals surface area contributed by atoms with Gasteiger partial charge in [-0.1, -0.05) is 23.7 Å². The van der Waals surface area contributed by atoms with Gasteiger partial charge in [0.25, 0.3) is 0 Å². The number of rotatable bonds is 1. The molecular formula is C16H11ClN4O. The van der Waals surface area contributed by atoms with Crippen LogP contribution < -0.4 is 0 Å². The molecule has 0 saturated carbocycles. The standard InChI is InChI=1S/C16H11ClN4O/c1-9-6-14-18-8-11-7-13(10-2-4-12(22)5-3-10)15(17)19-16(11)21(14)20-9/h2-8,22H,1H3. The van der Waals surface area contributed by atoms with Crippen LogP contribution in [0.3, 0.4) is 0 Å². The molecule has 0 saturated heterocycles. The normalized spacial score (nSPS) is 11.4. The van der Waals surface area contributed by atoms with E-state index >= 15 is 0 Å². The maximum absolute atomic E-state index is 9.40.